The van der Waals surface area contributed by atoms with Crippen molar-refractivity contribution < 1.29 is 4.79 Å². The van der Waals surface area contributed by atoms with Gasteiger partial charge in [-0.3, -0.25) is 14.8 Å². The largest absolute Gasteiger partial charge is 0.348 e. The minimum Gasteiger partial charge on any atom is -0.348 e. The number of likely N-dealkylation sites (tertiary alicyclic amines) is 1. The van der Waals surface area contributed by atoms with E-state index in [1.54, 1.807) is 0 Å². The van der Waals surface area contributed by atoms with Gasteiger partial charge in [0, 0.05) is 42.3 Å². The van der Waals surface area contributed by atoms with Gasteiger partial charge in [-0.15, -0.1) is 0 Å². The zero-order valence-corrected chi connectivity index (χ0v) is 16.4. The quantitative estimate of drug-likeness (QED) is 0.847. The van der Waals surface area contributed by atoms with Crippen LogP contribution in [0.4, 0.5) is 0 Å². The predicted octanol–water partition coefficient (Wildman–Crippen LogP) is 2.46. The van der Waals surface area contributed by atoms with Crippen molar-refractivity contribution in [2.75, 3.05) is 13.1 Å². The number of hydrogen-bond donors (Lipinski definition) is 2. The van der Waals surface area contributed by atoms with Crippen molar-refractivity contribution in [2.24, 2.45) is 0 Å². The maximum atomic E-state index is 12.7. The SMILES string of the molecule is CC(C)n1ccnc1CN1CCC[C@@H](NC(=O)c2n[nH]c3c2CCC3)CC1. The Labute approximate surface area is 160 Å². The Bertz CT molecular complexity index is 792. The molecule has 1 saturated heterocycles. The number of hydrogen-bond acceptors (Lipinski definition) is 4. The lowest BCUT2D eigenvalue weighted by molar-refractivity contribution is 0.0927. The van der Waals surface area contributed by atoms with Crippen LogP contribution in [0.25, 0.3) is 0 Å². The van der Waals surface area contributed by atoms with Crippen LogP contribution >= 0.6 is 0 Å². The summed E-state index contributed by atoms with van der Waals surface area (Å²) in [5.41, 5.74) is 2.89. The first-order chi connectivity index (χ1) is 13.1. The lowest BCUT2D eigenvalue weighted by Gasteiger charge is -2.21. The lowest BCUT2D eigenvalue weighted by Crippen LogP contribution is -2.36. The number of carbonyl (C=O) groups is 1. The number of amides is 1. The number of aryl methyl sites for hydroxylation is 1. The van der Waals surface area contributed by atoms with E-state index in [2.05, 4.69) is 50.0 Å². The average Bonchev–Trinajstić information content (AvgIpc) is 3.32. The molecule has 2 aromatic rings. The molecule has 0 bridgehead atoms. The van der Waals surface area contributed by atoms with Gasteiger partial charge in [-0.1, -0.05) is 0 Å². The fourth-order valence-corrected chi connectivity index (χ4v) is 4.36. The number of imidazole rings is 1. The summed E-state index contributed by atoms with van der Waals surface area (Å²) in [6, 6.07) is 0.651. The third kappa shape index (κ3) is 3.93. The van der Waals surface area contributed by atoms with Crippen LogP contribution in [0.5, 0.6) is 0 Å². The van der Waals surface area contributed by atoms with Gasteiger partial charge in [0.2, 0.25) is 0 Å². The molecule has 27 heavy (non-hydrogen) atoms. The summed E-state index contributed by atoms with van der Waals surface area (Å²) in [7, 11) is 0. The highest BCUT2D eigenvalue weighted by molar-refractivity contribution is 5.94. The zero-order valence-electron chi connectivity index (χ0n) is 16.4. The van der Waals surface area contributed by atoms with Gasteiger partial charge in [0.05, 0.1) is 6.54 Å². The molecule has 0 saturated carbocycles. The van der Waals surface area contributed by atoms with Gasteiger partial charge < -0.3 is 9.88 Å². The van der Waals surface area contributed by atoms with E-state index in [1.165, 1.54) is 0 Å². The van der Waals surface area contributed by atoms with E-state index in [-0.39, 0.29) is 11.9 Å². The number of aromatic nitrogens is 4. The molecule has 0 spiro atoms. The van der Waals surface area contributed by atoms with Crippen LogP contribution in [0, 0.1) is 0 Å². The van der Waals surface area contributed by atoms with Crippen molar-refractivity contribution in [1.29, 1.82) is 0 Å². The van der Waals surface area contributed by atoms with E-state index in [0.717, 1.165) is 75.2 Å². The zero-order chi connectivity index (χ0) is 18.8. The molecule has 1 aliphatic carbocycles. The first kappa shape index (κ1) is 18.2. The van der Waals surface area contributed by atoms with Crippen molar-refractivity contribution >= 4 is 5.91 Å². The van der Waals surface area contributed by atoms with Crippen molar-refractivity contribution in [3.63, 3.8) is 0 Å². The first-order valence-electron chi connectivity index (χ1n) is 10.2. The molecular formula is C20H30N6O. The molecule has 1 aliphatic heterocycles. The van der Waals surface area contributed by atoms with Gasteiger partial charge in [0.1, 0.15) is 5.82 Å². The lowest BCUT2D eigenvalue weighted by atomic mass is 10.1. The number of nitrogens with zero attached hydrogens (tertiary/aromatic N) is 4. The molecule has 1 amide bonds. The Morgan fingerprint density at radius 1 is 1.30 bits per heavy atom. The summed E-state index contributed by atoms with van der Waals surface area (Å²) in [6.07, 6.45) is 10.1. The van der Waals surface area contributed by atoms with E-state index < -0.39 is 0 Å². The maximum Gasteiger partial charge on any atom is 0.272 e. The second-order valence-electron chi connectivity index (χ2n) is 8.10. The number of aromatic amines is 1. The molecule has 7 nitrogen and oxygen atoms in total. The molecule has 3 heterocycles. The second kappa shape index (κ2) is 7.84. The Morgan fingerprint density at radius 2 is 2.19 bits per heavy atom. The normalized spacial score (nSPS) is 20.6. The molecule has 2 aliphatic rings. The van der Waals surface area contributed by atoms with E-state index >= 15 is 0 Å². The van der Waals surface area contributed by atoms with Crippen LogP contribution in [0.3, 0.4) is 0 Å². The van der Waals surface area contributed by atoms with Crippen LogP contribution < -0.4 is 5.32 Å². The summed E-state index contributed by atoms with van der Waals surface area (Å²) >= 11 is 0. The number of H-pyrrole nitrogens is 1. The van der Waals surface area contributed by atoms with Crippen molar-refractivity contribution in [1.82, 2.24) is 30.0 Å². The van der Waals surface area contributed by atoms with Gasteiger partial charge in [0.15, 0.2) is 5.69 Å². The van der Waals surface area contributed by atoms with E-state index in [4.69, 9.17) is 0 Å². The first-order valence-corrected chi connectivity index (χ1v) is 10.2. The van der Waals surface area contributed by atoms with Gasteiger partial charge in [-0.25, -0.2) is 4.98 Å². The Hall–Kier alpha value is -2.15. The van der Waals surface area contributed by atoms with Crippen molar-refractivity contribution in [3.8, 4) is 0 Å². The minimum atomic E-state index is -0.0109. The molecular weight excluding hydrogens is 340 g/mol. The van der Waals surface area contributed by atoms with Gasteiger partial charge in [-0.2, -0.15) is 5.10 Å². The minimum absolute atomic E-state index is 0.0109. The molecule has 146 valence electrons. The van der Waals surface area contributed by atoms with E-state index in [0.29, 0.717) is 11.7 Å². The summed E-state index contributed by atoms with van der Waals surface area (Å²) in [5.74, 6) is 1.11. The molecule has 7 heteroatoms. The predicted molar refractivity (Wildman–Crippen MR) is 104 cm³/mol. The summed E-state index contributed by atoms with van der Waals surface area (Å²) < 4.78 is 2.24. The summed E-state index contributed by atoms with van der Waals surface area (Å²) in [6.45, 7) is 7.28. The van der Waals surface area contributed by atoms with E-state index in [9.17, 15) is 4.79 Å². The highest BCUT2D eigenvalue weighted by atomic mass is 16.2. The van der Waals surface area contributed by atoms with Gasteiger partial charge >= 0.3 is 0 Å². The Kier molecular flexibility index (Phi) is 5.29. The standard InChI is InChI=1S/C20H30N6O/c1-14(2)26-12-9-21-18(26)13-25-10-4-5-15(8-11-25)22-20(27)19-16-6-3-7-17(16)23-24-19/h9,12,14-15H,3-8,10-11,13H2,1-2H3,(H,22,27)(H,23,24)/t15-/m1/s1. The number of fused-ring (bicyclic) bond motifs is 1. The highest BCUT2D eigenvalue weighted by Gasteiger charge is 2.26. The van der Waals surface area contributed by atoms with E-state index in [1.807, 2.05) is 6.20 Å². The molecule has 0 unspecified atom stereocenters. The number of rotatable bonds is 5. The number of carbonyl (C=O) groups excluding carboxylic acids is 1. The highest BCUT2D eigenvalue weighted by Crippen LogP contribution is 2.23. The molecule has 0 aromatic carbocycles. The Morgan fingerprint density at radius 3 is 3.04 bits per heavy atom. The van der Waals surface area contributed by atoms with Gasteiger partial charge in [-0.05, 0) is 58.9 Å². The van der Waals surface area contributed by atoms with Crippen molar-refractivity contribution in [3.05, 3.63) is 35.2 Å². The topological polar surface area (TPSA) is 78.8 Å². The summed E-state index contributed by atoms with van der Waals surface area (Å²) in [4.78, 5) is 19.7. The molecule has 2 aromatic heterocycles. The van der Waals surface area contributed by atoms with Gasteiger partial charge in [0.25, 0.3) is 5.91 Å². The van der Waals surface area contributed by atoms with Crippen LogP contribution in [0.2, 0.25) is 0 Å². The summed E-state index contributed by atoms with van der Waals surface area (Å²) in [5, 5.41) is 10.5. The smallest absolute Gasteiger partial charge is 0.272 e. The maximum absolute atomic E-state index is 12.7. The monoisotopic (exact) mass is 370 g/mol. The third-order valence-corrected chi connectivity index (χ3v) is 5.85. The fourth-order valence-electron chi connectivity index (χ4n) is 4.36. The second-order valence-corrected chi connectivity index (χ2v) is 8.10. The third-order valence-electron chi connectivity index (χ3n) is 5.85. The van der Waals surface area contributed by atoms with Crippen LogP contribution in [-0.4, -0.2) is 49.7 Å². The fraction of sp³-hybridized carbons (Fsp3) is 0.650. The average molecular weight is 371 g/mol. The van der Waals surface area contributed by atoms with Crippen LogP contribution in [0.15, 0.2) is 12.4 Å². The Balaban J connectivity index is 1.33. The molecule has 0 radical (unpaired) electrons. The molecule has 4 rings (SSSR count). The molecule has 2 N–H and O–H groups in total. The van der Waals surface area contributed by atoms with Crippen LogP contribution in [0.1, 0.15) is 73.1 Å². The number of nitrogens with one attached hydrogen (secondary N) is 2. The van der Waals surface area contributed by atoms with Crippen molar-refractivity contribution in [2.45, 2.75) is 71.0 Å². The van der Waals surface area contributed by atoms with Crippen LogP contribution in [-0.2, 0) is 19.4 Å². The molecule has 1 fully saturated rings. The molecule has 1 atom stereocenters.